The number of hydrogen-bond acceptors (Lipinski definition) is 3. The molecule has 10 heavy (non-hydrogen) atoms. The molecule has 0 saturated heterocycles. The van der Waals surface area contributed by atoms with Crippen LogP contribution in [0.4, 0.5) is 0 Å². The smallest absolute Gasteiger partial charge is 0.261 e. The Morgan fingerprint density at radius 3 is 2.50 bits per heavy atom. The fourth-order valence-electron chi connectivity index (χ4n) is 0.485. The van der Waals surface area contributed by atoms with Gasteiger partial charge in [-0.25, -0.2) is 0 Å². The van der Waals surface area contributed by atoms with Crippen LogP contribution in [0.3, 0.4) is 0 Å². The van der Waals surface area contributed by atoms with E-state index in [1.807, 2.05) is 0 Å². The van der Waals surface area contributed by atoms with E-state index in [0.29, 0.717) is 10.8 Å². The first-order chi connectivity index (χ1) is 4.63. The van der Waals surface area contributed by atoms with E-state index in [2.05, 4.69) is 0 Å². The molecule has 0 aliphatic carbocycles. The number of carbonyl (C=O) groups excluding carboxylic acids is 1. The van der Waals surface area contributed by atoms with Crippen molar-refractivity contribution >= 4 is 52.0 Å². The molecule has 0 fully saturated rings. The molecule has 0 radical (unpaired) electrons. The molecule has 0 unspecified atom stereocenters. The highest BCUT2D eigenvalue weighted by Crippen LogP contribution is 2.36. The summed E-state index contributed by atoms with van der Waals surface area (Å²) in [4.78, 5) is 10.8. The van der Waals surface area contributed by atoms with Crippen LogP contribution < -0.4 is 0 Å². The molecule has 6 heteroatoms. The topological polar surface area (TPSA) is 20.3 Å². The van der Waals surface area contributed by atoms with Gasteiger partial charge in [-0.05, 0) is 11.6 Å². The lowest BCUT2D eigenvalue weighted by Gasteiger charge is -2.02. The molecule has 0 bridgehead atoms. The molecule has 0 saturated carbocycles. The van der Waals surface area contributed by atoms with Crippen molar-refractivity contribution in [2.24, 2.45) is 0 Å². The van der Waals surface area contributed by atoms with Crippen LogP contribution in [0.5, 0.6) is 0 Å². The summed E-state index contributed by atoms with van der Waals surface area (Å²) in [5, 5.41) is -0.343. The SMILES string of the molecule is O=C(Cl)C1=C(Cl)N(Cl)CS1. The second-order valence-corrected chi connectivity index (χ2v) is 3.59. The fraction of sp³-hybridized carbons (Fsp3) is 0.250. The van der Waals surface area contributed by atoms with Gasteiger partial charge >= 0.3 is 0 Å². The Hall–Kier alpha value is 0.430. The summed E-state index contributed by atoms with van der Waals surface area (Å²) in [6.07, 6.45) is 0. The van der Waals surface area contributed by atoms with Crippen LogP contribution in [-0.4, -0.2) is 15.5 Å². The van der Waals surface area contributed by atoms with E-state index in [4.69, 9.17) is 35.0 Å². The average molecular weight is 218 g/mol. The molecular formula is C4H2Cl3NOS. The molecule has 1 aliphatic heterocycles. The van der Waals surface area contributed by atoms with Crippen molar-refractivity contribution in [3.8, 4) is 0 Å². The molecule has 0 atom stereocenters. The second-order valence-electron chi connectivity index (χ2n) is 1.53. The third-order valence-electron chi connectivity index (χ3n) is 0.901. The standard InChI is InChI=1S/C4H2Cl3NOS/c5-3-2(4(6)9)10-1-8(3)7/h1H2. The van der Waals surface area contributed by atoms with E-state index in [1.165, 1.54) is 16.2 Å². The molecule has 1 rings (SSSR count). The summed E-state index contributed by atoms with van der Waals surface area (Å²) in [5.41, 5.74) is 0. The van der Waals surface area contributed by atoms with Crippen LogP contribution in [0.2, 0.25) is 0 Å². The zero-order valence-corrected chi connectivity index (χ0v) is 7.69. The number of rotatable bonds is 1. The van der Waals surface area contributed by atoms with Gasteiger partial charge in [0.25, 0.3) is 5.24 Å². The molecule has 0 spiro atoms. The molecule has 0 N–H and O–H groups in total. The molecule has 0 aromatic rings. The van der Waals surface area contributed by atoms with E-state index in [1.54, 1.807) is 0 Å². The maximum absolute atomic E-state index is 10.5. The quantitative estimate of drug-likeness (QED) is 0.383. The monoisotopic (exact) mass is 217 g/mol. The molecule has 0 aromatic heterocycles. The molecule has 0 amide bonds. The van der Waals surface area contributed by atoms with Crippen LogP contribution in [0.25, 0.3) is 0 Å². The van der Waals surface area contributed by atoms with Gasteiger partial charge in [-0.2, -0.15) is 0 Å². The van der Waals surface area contributed by atoms with Gasteiger partial charge in [0.05, 0.1) is 5.88 Å². The second kappa shape index (κ2) is 3.22. The zero-order valence-electron chi connectivity index (χ0n) is 4.60. The third-order valence-corrected chi connectivity index (χ3v) is 3.28. The van der Waals surface area contributed by atoms with Crippen LogP contribution >= 0.6 is 46.7 Å². The van der Waals surface area contributed by atoms with Crippen molar-refractivity contribution in [1.29, 1.82) is 0 Å². The van der Waals surface area contributed by atoms with Gasteiger partial charge in [-0.3, -0.25) is 9.21 Å². The van der Waals surface area contributed by atoms with Crippen LogP contribution in [-0.2, 0) is 4.79 Å². The summed E-state index contributed by atoms with van der Waals surface area (Å²) in [6, 6.07) is 0. The first kappa shape index (κ1) is 8.53. The lowest BCUT2D eigenvalue weighted by molar-refractivity contribution is -0.108. The van der Waals surface area contributed by atoms with Crippen LogP contribution in [0.15, 0.2) is 10.1 Å². The van der Waals surface area contributed by atoms with Crippen molar-refractivity contribution in [2.75, 3.05) is 5.88 Å². The van der Waals surface area contributed by atoms with Crippen molar-refractivity contribution in [3.63, 3.8) is 0 Å². The Labute approximate surface area is 77.2 Å². The largest absolute Gasteiger partial charge is 0.275 e. The number of hydrogen-bond donors (Lipinski definition) is 0. The van der Waals surface area contributed by atoms with E-state index >= 15 is 0 Å². The fourth-order valence-corrected chi connectivity index (χ4v) is 2.16. The third kappa shape index (κ3) is 1.53. The first-order valence-electron chi connectivity index (χ1n) is 2.28. The van der Waals surface area contributed by atoms with Crippen molar-refractivity contribution in [3.05, 3.63) is 10.1 Å². The number of allylic oxidation sites excluding steroid dienone is 1. The van der Waals surface area contributed by atoms with Gasteiger partial charge < -0.3 is 0 Å². The van der Waals surface area contributed by atoms with Gasteiger partial charge in [0.1, 0.15) is 10.1 Å². The van der Waals surface area contributed by atoms with Crippen LogP contribution in [0.1, 0.15) is 0 Å². The Morgan fingerprint density at radius 1 is 1.70 bits per heavy atom. The Balaban J connectivity index is 2.85. The summed E-state index contributed by atoms with van der Waals surface area (Å²) >= 11 is 17.5. The summed E-state index contributed by atoms with van der Waals surface area (Å²) in [5.74, 6) is 0.466. The molecule has 2 nitrogen and oxygen atoms in total. The van der Waals surface area contributed by atoms with Crippen molar-refractivity contribution in [2.45, 2.75) is 0 Å². The first-order valence-corrected chi connectivity index (χ1v) is 4.36. The summed E-state index contributed by atoms with van der Waals surface area (Å²) in [7, 11) is 0. The average Bonchev–Trinajstić information content (AvgIpc) is 2.14. The molecule has 1 aliphatic rings. The molecular weight excluding hydrogens is 216 g/mol. The lowest BCUT2D eigenvalue weighted by Crippen LogP contribution is -2.00. The van der Waals surface area contributed by atoms with Gasteiger partial charge in [0.2, 0.25) is 0 Å². The minimum Gasteiger partial charge on any atom is -0.275 e. The summed E-state index contributed by atoms with van der Waals surface area (Å²) < 4.78 is 1.24. The van der Waals surface area contributed by atoms with E-state index < -0.39 is 5.24 Å². The number of carbonyl (C=O) groups is 1. The molecule has 0 aromatic carbocycles. The lowest BCUT2D eigenvalue weighted by atomic mass is 10.6. The Morgan fingerprint density at radius 2 is 2.30 bits per heavy atom. The van der Waals surface area contributed by atoms with Gasteiger partial charge in [-0.15, -0.1) is 0 Å². The molecule has 56 valence electrons. The maximum atomic E-state index is 10.5. The van der Waals surface area contributed by atoms with E-state index in [-0.39, 0.29) is 5.16 Å². The van der Waals surface area contributed by atoms with E-state index in [9.17, 15) is 4.79 Å². The Bertz CT molecular complexity index is 205. The van der Waals surface area contributed by atoms with E-state index in [0.717, 1.165) is 0 Å². The maximum Gasteiger partial charge on any atom is 0.261 e. The number of nitrogens with zero attached hydrogens (tertiary/aromatic N) is 1. The summed E-state index contributed by atoms with van der Waals surface area (Å²) in [6.45, 7) is 0. The highest BCUT2D eigenvalue weighted by atomic mass is 35.5. The number of thioether (sulfide) groups is 1. The van der Waals surface area contributed by atoms with Gasteiger partial charge in [-0.1, -0.05) is 23.4 Å². The molecule has 1 heterocycles. The van der Waals surface area contributed by atoms with Crippen molar-refractivity contribution < 1.29 is 4.79 Å². The zero-order chi connectivity index (χ0) is 7.72. The normalized spacial score (nSPS) is 18.5. The highest BCUT2D eigenvalue weighted by Gasteiger charge is 2.24. The number of halogens is 3. The highest BCUT2D eigenvalue weighted by molar-refractivity contribution is 8.04. The van der Waals surface area contributed by atoms with Gasteiger partial charge in [0.15, 0.2) is 0 Å². The van der Waals surface area contributed by atoms with Crippen LogP contribution in [0, 0.1) is 0 Å². The Kier molecular flexibility index (Phi) is 2.74. The van der Waals surface area contributed by atoms with Gasteiger partial charge in [0, 0.05) is 11.8 Å². The minimum atomic E-state index is -0.557. The van der Waals surface area contributed by atoms with Crippen molar-refractivity contribution in [1.82, 2.24) is 4.42 Å². The minimum absolute atomic E-state index is 0.215. The predicted molar refractivity (Wildman–Crippen MR) is 43.9 cm³/mol. The predicted octanol–water partition coefficient (Wildman–Crippen LogP) is 2.32.